The second kappa shape index (κ2) is 2.41. The van der Waals surface area contributed by atoms with Gasteiger partial charge in [-0.15, -0.1) is 6.58 Å². The largest absolute Gasteiger partial charge is 0.105 e. The van der Waals surface area contributed by atoms with Gasteiger partial charge < -0.3 is 0 Å². The summed E-state index contributed by atoms with van der Waals surface area (Å²) in [6.07, 6.45) is 0. The van der Waals surface area contributed by atoms with Crippen molar-refractivity contribution in [2.75, 3.05) is 0 Å². The average molecular weight is 97.2 g/mol. The van der Waals surface area contributed by atoms with E-state index in [0.717, 1.165) is 9.04 Å². The van der Waals surface area contributed by atoms with Crippen LogP contribution in [0.3, 0.4) is 0 Å². The molecule has 5 radical (unpaired) electrons. The number of allylic oxidation sites excluding steroid dienone is 1. The molecule has 0 saturated heterocycles. The van der Waals surface area contributed by atoms with Crippen LogP contribution in [0.25, 0.3) is 0 Å². The van der Waals surface area contributed by atoms with Crippen LogP contribution in [0.4, 0.5) is 0 Å². The van der Waals surface area contributed by atoms with Crippen LogP contribution in [0.2, 0.25) is 0 Å². The van der Waals surface area contributed by atoms with E-state index in [4.69, 9.17) is 0 Å². The van der Waals surface area contributed by atoms with Crippen LogP contribution in [0.1, 0.15) is 6.92 Å². The van der Waals surface area contributed by atoms with E-state index in [2.05, 4.69) is 16.3 Å². The first-order chi connectivity index (χ1) is 2.27. The van der Waals surface area contributed by atoms with Crippen molar-refractivity contribution >= 4 is 18.8 Å². The monoisotopic (exact) mass is 97.0 g/mol. The molecule has 0 atom stereocenters. The smallest absolute Gasteiger partial charge is 0.0535 e. The summed E-state index contributed by atoms with van der Waals surface area (Å²) in [6, 6.07) is 0. The van der Waals surface area contributed by atoms with Gasteiger partial charge in [0.05, 0.1) is 9.04 Å². The van der Waals surface area contributed by atoms with E-state index in [1.807, 2.05) is 6.92 Å². The average Bonchev–Trinajstić information content (AvgIpc) is 1.38. The molecule has 0 fully saturated rings. The third kappa shape index (κ3) is 4.17. The van der Waals surface area contributed by atoms with Crippen LogP contribution >= 0.6 is 0 Å². The zero-order chi connectivity index (χ0) is 4.28. The Hall–Kier alpha value is 0.174. The molecule has 25 valence electrons. The van der Waals surface area contributed by atoms with Crippen molar-refractivity contribution in [3.8, 4) is 0 Å². The molecule has 0 aromatic carbocycles. The van der Waals surface area contributed by atoms with E-state index in [1.165, 1.54) is 5.20 Å². The van der Waals surface area contributed by atoms with Crippen LogP contribution in [0, 0.1) is 0 Å². The van der Waals surface area contributed by atoms with Gasteiger partial charge in [-0.25, -0.2) is 0 Å². The zero-order valence-electron chi connectivity index (χ0n) is 3.21. The minimum Gasteiger partial charge on any atom is -0.105 e. The van der Waals surface area contributed by atoms with E-state index in [0.29, 0.717) is 0 Å². The highest BCUT2D eigenvalue weighted by molar-refractivity contribution is 6.93. The molecule has 0 aliphatic rings. The Morgan fingerprint density at radius 1 is 2.00 bits per heavy atom. The first kappa shape index (κ1) is 5.17. The molecular formula is C3H5Si2. The van der Waals surface area contributed by atoms with E-state index >= 15 is 0 Å². The van der Waals surface area contributed by atoms with Crippen molar-refractivity contribution in [1.29, 1.82) is 0 Å². The highest BCUT2D eigenvalue weighted by Crippen LogP contribution is 1.72. The van der Waals surface area contributed by atoms with Gasteiger partial charge in [0.15, 0.2) is 0 Å². The van der Waals surface area contributed by atoms with Gasteiger partial charge in [0, 0.05) is 9.76 Å². The van der Waals surface area contributed by atoms with Crippen LogP contribution < -0.4 is 0 Å². The van der Waals surface area contributed by atoms with Gasteiger partial charge in [0.1, 0.15) is 0 Å². The Kier molecular flexibility index (Phi) is 2.50. The Morgan fingerprint density at radius 2 is 2.20 bits per heavy atom. The SMILES string of the molecule is C=C(C)[Si][Si]. The molecule has 0 unspecified atom stereocenters. The van der Waals surface area contributed by atoms with E-state index in [1.54, 1.807) is 0 Å². The van der Waals surface area contributed by atoms with Gasteiger partial charge >= 0.3 is 0 Å². The highest BCUT2D eigenvalue weighted by Gasteiger charge is 1.70. The normalized spacial score (nSPS) is 7.60. The van der Waals surface area contributed by atoms with Crippen molar-refractivity contribution in [2.45, 2.75) is 6.92 Å². The molecule has 0 heterocycles. The maximum Gasteiger partial charge on any atom is 0.0535 e. The summed E-state index contributed by atoms with van der Waals surface area (Å²) in [4.78, 5) is 0. The molecule has 0 aromatic rings. The summed E-state index contributed by atoms with van der Waals surface area (Å²) < 4.78 is 0. The standard InChI is InChI=1S/C3H5Si2/c1-3(2)5-4/h1H2,2H3. The molecule has 0 aliphatic heterocycles. The van der Waals surface area contributed by atoms with Gasteiger partial charge in [0.2, 0.25) is 0 Å². The van der Waals surface area contributed by atoms with Crippen LogP contribution in [0.15, 0.2) is 11.8 Å². The minimum atomic E-state index is 0.725. The van der Waals surface area contributed by atoms with E-state index in [-0.39, 0.29) is 0 Å². The molecule has 0 aliphatic carbocycles. The molecule has 0 nitrogen and oxygen atoms in total. The quantitative estimate of drug-likeness (QED) is 0.413. The van der Waals surface area contributed by atoms with E-state index < -0.39 is 0 Å². The van der Waals surface area contributed by atoms with Crippen molar-refractivity contribution < 1.29 is 0 Å². The number of rotatable bonds is 1. The number of hydrogen-bond acceptors (Lipinski definition) is 0. The van der Waals surface area contributed by atoms with Crippen molar-refractivity contribution in [1.82, 2.24) is 0 Å². The van der Waals surface area contributed by atoms with Gasteiger partial charge in [-0.3, -0.25) is 0 Å². The van der Waals surface area contributed by atoms with Gasteiger partial charge in [-0.1, -0.05) is 5.20 Å². The van der Waals surface area contributed by atoms with Gasteiger partial charge in [-0.2, -0.15) is 0 Å². The highest BCUT2D eigenvalue weighted by atomic mass is 29.1. The third-order valence-corrected chi connectivity index (χ3v) is 1.92. The van der Waals surface area contributed by atoms with Crippen LogP contribution in [-0.4, -0.2) is 18.8 Å². The topological polar surface area (TPSA) is 0 Å². The molecule has 5 heavy (non-hydrogen) atoms. The maximum atomic E-state index is 3.64. The van der Waals surface area contributed by atoms with E-state index in [9.17, 15) is 0 Å². The minimum absolute atomic E-state index is 0.725. The Bertz CT molecular complexity index is 40.2. The van der Waals surface area contributed by atoms with Crippen molar-refractivity contribution in [3.05, 3.63) is 11.8 Å². The Morgan fingerprint density at radius 3 is 2.20 bits per heavy atom. The van der Waals surface area contributed by atoms with Gasteiger partial charge in [-0.05, 0) is 6.92 Å². The molecule has 0 spiro atoms. The molecule has 0 N–H and O–H groups in total. The molecule has 2 heteroatoms. The zero-order valence-corrected chi connectivity index (χ0v) is 5.21. The fourth-order valence-electron chi connectivity index (χ4n) is 0. The molecule has 0 bridgehead atoms. The van der Waals surface area contributed by atoms with Crippen LogP contribution in [-0.2, 0) is 0 Å². The lowest BCUT2D eigenvalue weighted by molar-refractivity contribution is 1.71. The molecule has 0 saturated carbocycles. The second-order valence-electron chi connectivity index (χ2n) is 0.905. The Balaban J connectivity index is 2.85. The molecule has 0 rings (SSSR count). The van der Waals surface area contributed by atoms with Crippen molar-refractivity contribution in [2.24, 2.45) is 0 Å². The third-order valence-electron chi connectivity index (χ3n) is 0.213. The summed E-state index contributed by atoms with van der Waals surface area (Å²) in [5.74, 6) is 0. The molecule has 0 aromatic heterocycles. The lowest BCUT2D eigenvalue weighted by Gasteiger charge is -1.77. The summed E-state index contributed by atoms with van der Waals surface area (Å²) >= 11 is 0. The second-order valence-corrected chi connectivity index (χ2v) is 2.76. The fraction of sp³-hybridized carbons (Fsp3) is 0.333. The van der Waals surface area contributed by atoms with Crippen LogP contribution in [0.5, 0.6) is 0 Å². The predicted molar refractivity (Wildman–Crippen MR) is 26.3 cm³/mol. The molecular weight excluding hydrogens is 92.2 g/mol. The summed E-state index contributed by atoms with van der Waals surface area (Å²) in [5.41, 5.74) is 0. The predicted octanol–water partition coefficient (Wildman–Crippen LogP) is 0.308. The van der Waals surface area contributed by atoms with Crippen molar-refractivity contribution in [3.63, 3.8) is 0 Å². The lowest BCUT2D eigenvalue weighted by atomic mass is 10.8. The first-order valence-corrected chi connectivity index (χ1v) is 3.85. The fourth-order valence-corrected chi connectivity index (χ4v) is 0. The number of hydrogen-bond donors (Lipinski definition) is 0. The lowest BCUT2D eigenvalue weighted by Crippen LogP contribution is -1.85. The Labute approximate surface area is 38.3 Å². The first-order valence-electron chi connectivity index (χ1n) is 1.35. The summed E-state index contributed by atoms with van der Waals surface area (Å²) in [7, 11) is 4.01. The summed E-state index contributed by atoms with van der Waals surface area (Å²) in [6.45, 7) is 5.63. The van der Waals surface area contributed by atoms with Gasteiger partial charge in [0.25, 0.3) is 0 Å². The molecule has 0 amide bonds. The summed E-state index contributed by atoms with van der Waals surface area (Å²) in [5, 5.41) is 1.20. The maximum absolute atomic E-state index is 3.64.